The molecule has 5 rings (SSSR count). The van der Waals surface area contributed by atoms with E-state index in [1.54, 1.807) is 49.9 Å². The first-order valence-corrected chi connectivity index (χ1v) is 14.1. The highest BCUT2D eigenvalue weighted by molar-refractivity contribution is 7.98. The number of likely N-dealkylation sites (N-methyl/N-ethyl adjacent to an activating group) is 1. The number of anilines is 3. The largest absolute Gasteiger partial charge is 0.383 e. The first-order chi connectivity index (χ1) is 19.4. The Morgan fingerprint density at radius 2 is 1.90 bits per heavy atom. The van der Waals surface area contributed by atoms with Crippen LogP contribution in [0.3, 0.4) is 0 Å². The molecule has 9 nitrogen and oxygen atoms in total. The maximum Gasteiger partial charge on any atom is 0.244 e. The zero-order valence-electron chi connectivity index (χ0n) is 22.5. The summed E-state index contributed by atoms with van der Waals surface area (Å²) in [5, 5.41) is 6.55. The Morgan fingerprint density at radius 1 is 1.15 bits per heavy atom. The summed E-state index contributed by atoms with van der Waals surface area (Å²) in [6.07, 6.45) is 4.47. The van der Waals surface area contributed by atoms with Crippen molar-refractivity contribution in [2.75, 3.05) is 63.8 Å². The number of rotatable bonds is 9. The molecule has 3 heterocycles. The molecular formula is C28H31F2N7O2S. The number of hydrogen-bond acceptors (Lipinski definition) is 8. The van der Waals surface area contributed by atoms with Crippen LogP contribution in [0.4, 0.5) is 26.1 Å². The number of ether oxygens (including phenoxy) is 1. The molecule has 4 aromatic rings. The number of halogens is 2. The molecule has 2 aromatic heterocycles. The Kier molecular flexibility index (Phi) is 8.60. The van der Waals surface area contributed by atoms with Crippen LogP contribution < -0.4 is 10.6 Å². The van der Waals surface area contributed by atoms with Gasteiger partial charge in [0, 0.05) is 55.3 Å². The van der Waals surface area contributed by atoms with Crippen molar-refractivity contribution in [1.29, 1.82) is 0 Å². The second-order valence-corrected chi connectivity index (χ2v) is 10.4. The SMILES string of the molecule is COCC(C(=O)Nc1cccc2c(-c3nc(Nc4cccc(SC)c4F)ncc3F)c[nH]c12)N1CCN(C)CC1. The third-order valence-electron chi connectivity index (χ3n) is 7.01. The third kappa shape index (κ3) is 5.80. The number of thioether (sulfide) groups is 1. The summed E-state index contributed by atoms with van der Waals surface area (Å²) in [5.41, 5.74) is 1.92. The second kappa shape index (κ2) is 12.3. The summed E-state index contributed by atoms with van der Waals surface area (Å²) in [5.74, 6) is -1.18. The highest BCUT2D eigenvalue weighted by Gasteiger charge is 2.29. The van der Waals surface area contributed by atoms with Gasteiger partial charge in [0.2, 0.25) is 11.9 Å². The first-order valence-electron chi connectivity index (χ1n) is 12.8. The Hall–Kier alpha value is -3.58. The number of aromatic nitrogens is 3. The molecule has 0 aliphatic carbocycles. The van der Waals surface area contributed by atoms with Crippen LogP contribution in [0.5, 0.6) is 0 Å². The molecule has 12 heteroatoms. The number of nitrogens with zero attached hydrogens (tertiary/aromatic N) is 4. The van der Waals surface area contributed by atoms with E-state index in [1.165, 1.54) is 11.8 Å². The van der Waals surface area contributed by atoms with Gasteiger partial charge in [-0.25, -0.2) is 18.7 Å². The molecule has 1 aliphatic heterocycles. The molecule has 0 bridgehead atoms. The van der Waals surface area contributed by atoms with Gasteiger partial charge in [-0.3, -0.25) is 9.69 Å². The molecule has 0 spiro atoms. The second-order valence-electron chi connectivity index (χ2n) is 9.57. The van der Waals surface area contributed by atoms with E-state index >= 15 is 0 Å². The van der Waals surface area contributed by atoms with Crippen molar-refractivity contribution in [2.45, 2.75) is 10.9 Å². The lowest BCUT2D eigenvalue weighted by Gasteiger charge is -2.36. The fourth-order valence-electron chi connectivity index (χ4n) is 4.81. The molecule has 1 aliphatic rings. The molecule has 2 aromatic carbocycles. The number of fused-ring (bicyclic) bond motifs is 1. The molecule has 1 saturated heterocycles. The Labute approximate surface area is 235 Å². The molecule has 1 unspecified atom stereocenters. The quantitative estimate of drug-likeness (QED) is 0.253. The fraction of sp³-hybridized carbons (Fsp3) is 0.321. The summed E-state index contributed by atoms with van der Waals surface area (Å²) < 4.78 is 35.1. The normalized spacial score (nSPS) is 15.3. The lowest BCUT2D eigenvalue weighted by atomic mass is 10.1. The fourth-order valence-corrected chi connectivity index (χ4v) is 5.31. The van der Waals surface area contributed by atoms with Gasteiger partial charge in [-0.1, -0.05) is 18.2 Å². The molecule has 1 amide bonds. The van der Waals surface area contributed by atoms with Crippen molar-refractivity contribution < 1.29 is 18.3 Å². The average molecular weight is 568 g/mol. The number of amides is 1. The molecule has 0 radical (unpaired) electrons. The van der Waals surface area contributed by atoms with Gasteiger partial charge >= 0.3 is 0 Å². The number of nitrogens with one attached hydrogen (secondary N) is 3. The van der Waals surface area contributed by atoms with Gasteiger partial charge in [-0.2, -0.15) is 0 Å². The van der Waals surface area contributed by atoms with Crippen molar-refractivity contribution in [3.05, 3.63) is 60.4 Å². The maximum atomic E-state index is 15.0. The minimum Gasteiger partial charge on any atom is -0.383 e. The van der Waals surface area contributed by atoms with Gasteiger partial charge in [0.1, 0.15) is 11.7 Å². The zero-order valence-corrected chi connectivity index (χ0v) is 23.3. The third-order valence-corrected chi connectivity index (χ3v) is 7.76. The van der Waals surface area contributed by atoms with Crippen LogP contribution in [-0.4, -0.2) is 89.9 Å². The molecule has 1 fully saturated rings. The maximum absolute atomic E-state index is 15.0. The van der Waals surface area contributed by atoms with Crippen molar-refractivity contribution in [3.8, 4) is 11.3 Å². The minimum absolute atomic E-state index is 0.0448. The number of para-hydroxylation sites is 1. The Balaban J connectivity index is 1.42. The number of carbonyl (C=O) groups is 1. The van der Waals surface area contributed by atoms with Crippen LogP contribution in [0.15, 0.2) is 53.7 Å². The summed E-state index contributed by atoms with van der Waals surface area (Å²) in [4.78, 5) is 29.7. The smallest absolute Gasteiger partial charge is 0.244 e. The summed E-state index contributed by atoms with van der Waals surface area (Å²) in [6, 6.07) is 9.92. The minimum atomic E-state index is -0.630. The van der Waals surface area contributed by atoms with E-state index in [9.17, 15) is 13.6 Å². The predicted molar refractivity (Wildman–Crippen MR) is 154 cm³/mol. The summed E-state index contributed by atoms with van der Waals surface area (Å²) in [6.45, 7) is 3.55. The molecular weight excluding hydrogens is 536 g/mol. The van der Waals surface area contributed by atoms with E-state index < -0.39 is 17.7 Å². The lowest BCUT2D eigenvalue weighted by molar-refractivity contribution is -0.124. The average Bonchev–Trinajstić information content (AvgIpc) is 3.39. The van der Waals surface area contributed by atoms with Crippen LogP contribution in [-0.2, 0) is 9.53 Å². The van der Waals surface area contributed by atoms with E-state index in [-0.39, 0.29) is 29.8 Å². The van der Waals surface area contributed by atoms with Crippen LogP contribution >= 0.6 is 11.8 Å². The number of piperazine rings is 1. The van der Waals surface area contributed by atoms with Gasteiger partial charge in [-0.15, -0.1) is 11.8 Å². The van der Waals surface area contributed by atoms with E-state index in [1.807, 2.05) is 6.07 Å². The van der Waals surface area contributed by atoms with E-state index in [0.29, 0.717) is 27.0 Å². The van der Waals surface area contributed by atoms with Gasteiger partial charge in [0.15, 0.2) is 11.6 Å². The number of benzene rings is 2. The molecule has 0 saturated carbocycles. The van der Waals surface area contributed by atoms with Crippen LogP contribution in [0.25, 0.3) is 22.2 Å². The zero-order chi connectivity index (χ0) is 28.2. The van der Waals surface area contributed by atoms with Crippen molar-refractivity contribution in [3.63, 3.8) is 0 Å². The van der Waals surface area contributed by atoms with E-state index in [2.05, 4.69) is 42.4 Å². The predicted octanol–water partition coefficient (Wildman–Crippen LogP) is 4.57. The molecule has 40 heavy (non-hydrogen) atoms. The summed E-state index contributed by atoms with van der Waals surface area (Å²) in [7, 11) is 3.65. The van der Waals surface area contributed by atoms with Crippen LogP contribution in [0.1, 0.15) is 0 Å². The van der Waals surface area contributed by atoms with Gasteiger partial charge in [-0.05, 0) is 31.5 Å². The number of H-pyrrole nitrogens is 1. The first kappa shape index (κ1) is 28.0. The molecule has 1 atom stereocenters. The number of carbonyl (C=O) groups excluding carboxylic acids is 1. The molecule has 210 valence electrons. The van der Waals surface area contributed by atoms with Crippen LogP contribution in [0.2, 0.25) is 0 Å². The number of aromatic amines is 1. The lowest BCUT2D eigenvalue weighted by Crippen LogP contribution is -2.54. The van der Waals surface area contributed by atoms with Gasteiger partial charge in [0.25, 0.3) is 0 Å². The van der Waals surface area contributed by atoms with Crippen molar-refractivity contribution >= 4 is 45.9 Å². The highest BCUT2D eigenvalue weighted by atomic mass is 32.2. The van der Waals surface area contributed by atoms with E-state index in [0.717, 1.165) is 32.4 Å². The molecule has 3 N–H and O–H groups in total. The standard InChI is InChI=1S/C28H31F2N7O2S/c1-36-10-12-37(13-11-36)22(16-39-2)27(38)33-21-8-4-6-17-18(14-31-26(17)21)25-19(29)15-32-28(35-25)34-20-7-5-9-23(40-3)24(20)30/h4-9,14-15,22,31H,10-13,16H2,1-3H3,(H,33,38)(H,32,34,35). The Bertz CT molecular complexity index is 1510. The van der Waals surface area contributed by atoms with Gasteiger partial charge in [0.05, 0.1) is 29.7 Å². The topological polar surface area (TPSA) is 98.4 Å². The monoisotopic (exact) mass is 567 g/mol. The van der Waals surface area contributed by atoms with Crippen molar-refractivity contribution in [1.82, 2.24) is 24.8 Å². The van der Waals surface area contributed by atoms with Crippen molar-refractivity contribution in [2.24, 2.45) is 0 Å². The van der Waals surface area contributed by atoms with E-state index in [4.69, 9.17) is 4.74 Å². The Morgan fingerprint density at radius 3 is 2.65 bits per heavy atom. The number of methoxy groups -OCH3 is 1. The van der Waals surface area contributed by atoms with Gasteiger partial charge < -0.3 is 25.3 Å². The number of hydrogen-bond donors (Lipinski definition) is 3. The van der Waals surface area contributed by atoms with Crippen LogP contribution in [0, 0.1) is 11.6 Å². The highest BCUT2D eigenvalue weighted by Crippen LogP contribution is 2.34. The summed E-state index contributed by atoms with van der Waals surface area (Å²) >= 11 is 1.28.